The Balaban J connectivity index is 1.62. The molecule has 2 fully saturated rings. The van der Waals surface area contributed by atoms with Crippen LogP contribution in [0, 0.1) is 11.8 Å². The second kappa shape index (κ2) is 9.92. The van der Waals surface area contributed by atoms with Gasteiger partial charge in [0.1, 0.15) is 0 Å². The number of nitrogens with zero attached hydrogens (tertiary/aromatic N) is 2. The molecule has 0 bridgehead atoms. The third-order valence-corrected chi connectivity index (χ3v) is 6.15. The van der Waals surface area contributed by atoms with Crippen molar-refractivity contribution >= 4 is 11.9 Å². The van der Waals surface area contributed by atoms with Crippen LogP contribution in [0.2, 0.25) is 0 Å². The zero-order chi connectivity index (χ0) is 22.6. The van der Waals surface area contributed by atoms with E-state index in [9.17, 15) is 22.8 Å². The molecule has 2 aliphatic heterocycles. The van der Waals surface area contributed by atoms with E-state index in [0.29, 0.717) is 37.9 Å². The number of alkyl halides is 3. The summed E-state index contributed by atoms with van der Waals surface area (Å²) in [6.07, 6.45) is -0.643. The number of carbonyl (C=O) groups is 2. The maximum absolute atomic E-state index is 13.1. The van der Waals surface area contributed by atoms with E-state index in [2.05, 4.69) is 5.32 Å². The Morgan fingerprint density at radius 2 is 1.68 bits per heavy atom. The highest BCUT2D eigenvalue weighted by Gasteiger charge is 2.33. The van der Waals surface area contributed by atoms with Crippen LogP contribution < -0.4 is 5.32 Å². The van der Waals surface area contributed by atoms with E-state index in [4.69, 9.17) is 0 Å². The SMILES string of the molecule is CC(C)CC(NC(=O)C1CCN(C(=O)N2CCCC2)CC1)c1cccc(C(F)(F)F)c1. The highest BCUT2D eigenvalue weighted by Crippen LogP contribution is 2.32. The van der Waals surface area contributed by atoms with Gasteiger partial charge in [-0.15, -0.1) is 0 Å². The third-order valence-electron chi connectivity index (χ3n) is 6.15. The molecular formula is C23H32F3N3O2. The number of piperidine rings is 1. The second-order valence-corrected chi connectivity index (χ2v) is 9.05. The highest BCUT2D eigenvalue weighted by atomic mass is 19.4. The van der Waals surface area contributed by atoms with E-state index in [1.54, 1.807) is 6.07 Å². The van der Waals surface area contributed by atoms with Gasteiger partial charge >= 0.3 is 12.2 Å². The standard InChI is InChI=1S/C23H32F3N3O2/c1-16(2)14-20(18-6-5-7-19(15-18)23(24,25)26)27-21(30)17-8-12-29(13-9-17)22(31)28-10-3-4-11-28/h5-7,15-17,20H,3-4,8-14H2,1-2H3,(H,27,30). The average Bonchev–Trinajstić information content (AvgIpc) is 3.27. The molecule has 5 nitrogen and oxygen atoms in total. The Bertz CT molecular complexity index is 768. The molecule has 2 aliphatic rings. The molecule has 1 N–H and O–H groups in total. The molecule has 0 spiro atoms. The van der Waals surface area contributed by atoms with Gasteiger partial charge in [-0.2, -0.15) is 13.2 Å². The quantitative estimate of drug-likeness (QED) is 0.714. The molecule has 0 aromatic heterocycles. The van der Waals surface area contributed by atoms with Gasteiger partial charge in [-0.3, -0.25) is 4.79 Å². The van der Waals surface area contributed by atoms with Crippen molar-refractivity contribution in [3.8, 4) is 0 Å². The van der Waals surface area contributed by atoms with Gasteiger partial charge in [-0.1, -0.05) is 26.0 Å². The van der Waals surface area contributed by atoms with Gasteiger partial charge in [0.25, 0.3) is 0 Å². The molecule has 0 radical (unpaired) electrons. The molecule has 3 amide bonds. The van der Waals surface area contributed by atoms with Crippen molar-refractivity contribution in [3.63, 3.8) is 0 Å². The highest BCUT2D eigenvalue weighted by molar-refractivity contribution is 5.80. The van der Waals surface area contributed by atoms with Crippen molar-refractivity contribution in [2.24, 2.45) is 11.8 Å². The molecular weight excluding hydrogens is 407 g/mol. The van der Waals surface area contributed by atoms with Crippen molar-refractivity contribution in [1.29, 1.82) is 0 Å². The molecule has 1 atom stereocenters. The van der Waals surface area contributed by atoms with Gasteiger partial charge in [0, 0.05) is 32.1 Å². The average molecular weight is 440 g/mol. The van der Waals surface area contributed by atoms with E-state index < -0.39 is 17.8 Å². The lowest BCUT2D eigenvalue weighted by Crippen LogP contribution is -2.48. The van der Waals surface area contributed by atoms with Crippen LogP contribution in [0.15, 0.2) is 24.3 Å². The van der Waals surface area contributed by atoms with Crippen LogP contribution in [-0.4, -0.2) is 47.9 Å². The molecule has 3 rings (SSSR count). The van der Waals surface area contributed by atoms with Crippen molar-refractivity contribution in [2.75, 3.05) is 26.2 Å². The number of hydrogen-bond acceptors (Lipinski definition) is 2. The minimum atomic E-state index is -4.42. The summed E-state index contributed by atoms with van der Waals surface area (Å²) >= 11 is 0. The summed E-state index contributed by atoms with van der Waals surface area (Å²) in [6, 6.07) is 4.78. The molecule has 2 heterocycles. The Hall–Kier alpha value is -2.25. The maximum Gasteiger partial charge on any atom is 0.416 e. The van der Waals surface area contributed by atoms with Crippen LogP contribution >= 0.6 is 0 Å². The normalized spacial score (nSPS) is 19.0. The van der Waals surface area contributed by atoms with E-state index in [1.807, 2.05) is 23.6 Å². The topological polar surface area (TPSA) is 52.7 Å². The lowest BCUT2D eigenvalue weighted by molar-refractivity contribution is -0.137. The van der Waals surface area contributed by atoms with Crippen molar-refractivity contribution < 1.29 is 22.8 Å². The fourth-order valence-corrected chi connectivity index (χ4v) is 4.41. The van der Waals surface area contributed by atoms with Gasteiger partial charge in [0.05, 0.1) is 11.6 Å². The summed E-state index contributed by atoms with van der Waals surface area (Å²) in [5, 5.41) is 2.99. The van der Waals surface area contributed by atoms with Crippen molar-refractivity contribution in [1.82, 2.24) is 15.1 Å². The third kappa shape index (κ3) is 6.14. The number of halogens is 3. The van der Waals surface area contributed by atoms with Crippen LogP contribution in [0.3, 0.4) is 0 Å². The number of hydrogen-bond donors (Lipinski definition) is 1. The van der Waals surface area contributed by atoms with E-state index in [0.717, 1.165) is 38.1 Å². The Kier molecular flexibility index (Phi) is 7.49. The van der Waals surface area contributed by atoms with Crippen LogP contribution in [-0.2, 0) is 11.0 Å². The lowest BCUT2D eigenvalue weighted by atomic mass is 9.92. The van der Waals surface area contributed by atoms with Crippen molar-refractivity contribution in [2.45, 2.75) is 58.2 Å². The molecule has 172 valence electrons. The van der Waals surface area contributed by atoms with E-state index >= 15 is 0 Å². The van der Waals surface area contributed by atoms with Gasteiger partial charge in [-0.25, -0.2) is 4.79 Å². The van der Waals surface area contributed by atoms with Gasteiger partial charge in [0.15, 0.2) is 0 Å². The maximum atomic E-state index is 13.1. The summed E-state index contributed by atoms with van der Waals surface area (Å²) < 4.78 is 39.4. The second-order valence-electron chi connectivity index (χ2n) is 9.05. The van der Waals surface area contributed by atoms with Crippen LogP contribution in [0.4, 0.5) is 18.0 Å². The minimum Gasteiger partial charge on any atom is -0.349 e. The fourth-order valence-electron chi connectivity index (χ4n) is 4.41. The number of amides is 3. The van der Waals surface area contributed by atoms with Gasteiger partial charge in [-0.05, 0) is 55.7 Å². The van der Waals surface area contributed by atoms with Crippen molar-refractivity contribution in [3.05, 3.63) is 35.4 Å². The van der Waals surface area contributed by atoms with Gasteiger partial charge < -0.3 is 15.1 Å². The number of nitrogens with one attached hydrogen (secondary N) is 1. The molecule has 1 aromatic rings. The summed E-state index contributed by atoms with van der Waals surface area (Å²) in [6.45, 7) is 6.63. The monoisotopic (exact) mass is 439 g/mol. The molecule has 0 aliphatic carbocycles. The summed E-state index contributed by atoms with van der Waals surface area (Å²) in [7, 11) is 0. The first-order chi connectivity index (χ1) is 14.6. The van der Waals surface area contributed by atoms with E-state index in [-0.39, 0.29) is 23.8 Å². The Labute approximate surface area is 182 Å². The number of benzene rings is 1. The molecule has 1 aromatic carbocycles. The Morgan fingerprint density at radius 3 is 2.26 bits per heavy atom. The number of likely N-dealkylation sites (tertiary alicyclic amines) is 2. The molecule has 2 saturated heterocycles. The molecule has 8 heteroatoms. The first-order valence-electron chi connectivity index (χ1n) is 11.2. The predicted molar refractivity (Wildman–Crippen MR) is 112 cm³/mol. The summed E-state index contributed by atoms with van der Waals surface area (Å²) in [4.78, 5) is 29.1. The first-order valence-corrected chi connectivity index (χ1v) is 11.2. The zero-order valence-corrected chi connectivity index (χ0v) is 18.3. The van der Waals surface area contributed by atoms with E-state index in [1.165, 1.54) is 6.07 Å². The van der Waals surface area contributed by atoms with Crippen LogP contribution in [0.1, 0.15) is 63.1 Å². The minimum absolute atomic E-state index is 0.0537. The molecule has 0 saturated carbocycles. The smallest absolute Gasteiger partial charge is 0.349 e. The predicted octanol–water partition coefficient (Wildman–Crippen LogP) is 4.84. The number of urea groups is 1. The zero-order valence-electron chi connectivity index (χ0n) is 18.3. The van der Waals surface area contributed by atoms with Gasteiger partial charge in [0.2, 0.25) is 5.91 Å². The Morgan fingerprint density at radius 1 is 1.06 bits per heavy atom. The first kappa shape index (κ1) is 23.4. The summed E-state index contributed by atoms with van der Waals surface area (Å²) in [5.74, 6) is -0.167. The fraction of sp³-hybridized carbons (Fsp3) is 0.652. The van der Waals surface area contributed by atoms with Crippen LogP contribution in [0.25, 0.3) is 0 Å². The molecule has 31 heavy (non-hydrogen) atoms. The lowest BCUT2D eigenvalue weighted by Gasteiger charge is -2.34. The largest absolute Gasteiger partial charge is 0.416 e. The van der Waals surface area contributed by atoms with Crippen LogP contribution in [0.5, 0.6) is 0 Å². The summed E-state index contributed by atoms with van der Waals surface area (Å²) in [5.41, 5.74) is -0.236. The number of rotatable bonds is 5. The molecule has 1 unspecified atom stereocenters. The number of carbonyl (C=O) groups excluding carboxylic acids is 2.